The van der Waals surface area contributed by atoms with Gasteiger partial charge in [0.1, 0.15) is 5.82 Å². The van der Waals surface area contributed by atoms with Gasteiger partial charge in [-0.25, -0.2) is 9.37 Å². The van der Waals surface area contributed by atoms with Gasteiger partial charge in [0.25, 0.3) is 0 Å². The minimum atomic E-state index is -0.251. The van der Waals surface area contributed by atoms with Crippen LogP contribution in [-0.4, -0.2) is 16.1 Å². The lowest BCUT2D eigenvalue weighted by Crippen LogP contribution is -2.16. The lowest BCUT2D eigenvalue weighted by molar-refractivity contribution is 0.611. The monoisotopic (exact) mass is 309 g/mol. The first kappa shape index (κ1) is 11.9. The number of rotatable bonds is 2. The van der Waals surface area contributed by atoms with Crippen LogP contribution in [0.4, 0.5) is 4.39 Å². The summed E-state index contributed by atoms with van der Waals surface area (Å²) in [6, 6.07) is 5.34. The van der Waals surface area contributed by atoms with Crippen molar-refractivity contribution < 1.29 is 4.39 Å². The molecule has 1 atom stereocenters. The summed E-state index contributed by atoms with van der Waals surface area (Å²) in [6.45, 7) is 1.04. The Morgan fingerprint density at radius 3 is 3.06 bits per heavy atom. The van der Waals surface area contributed by atoms with Gasteiger partial charge in [-0.3, -0.25) is 0 Å². The Morgan fingerprint density at radius 2 is 2.33 bits per heavy atom. The SMILES string of the molecule is Fc1ccc(-n2cncc2[C@@H]2CCCN2)cc1Br. The maximum Gasteiger partial charge on any atom is 0.137 e. The molecule has 1 aromatic heterocycles. The number of halogens is 2. The van der Waals surface area contributed by atoms with Crippen LogP contribution in [0.3, 0.4) is 0 Å². The molecule has 0 spiro atoms. The number of hydrogen-bond donors (Lipinski definition) is 1. The number of nitrogens with zero attached hydrogens (tertiary/aromatic N) is 2. The van der Waals surface area contributed by atoms with E-state index < -0.39 is 0 Å². The normalized spacial score (nSPS) is 19.3. The molecule has 3 rings (SSSR count). The average molecular weight is 310 g/mol. The van der Waals surface area contributed by atoms with E-state index in [1.165, 1.54) is 12.5 Å². The summed E-state index contributed by atoms with van der Waals surface area (Å²) in [5.41, 5.74) is 2.05. The van der Waals surface area contributed by atoms with E-state index in [2.05, 4.69) is 26.2 Å². The second kappa shape index (κ2) is 4.82. The van der Waals surface area contributed by atoms with Gasteiger partial charge in [0.2, 0.25) is 0 Å². The van der Waals surface area contributed by atoms with Crippen LogP contribution in [-0.2, 0) is 0 Å². The molecule has 3 nitrogen and oxygen atoms in total. The fraction of sp³-hybridized carbons (Fsp3) is 0.308. The highest BCUT2D eigenvalue weighted by Gasteiger charge is 2.20. The Bertz CT molecular complexity index is 561. The minimum absolute atomic E-state index is 0.251. The van der Waals surface area contributed by atoms with E-state index in [1.807, 2.05) is 10.8 Å². The molecule has 1 fully saturated rings. The summed E-state index contributed by atoms with van der Waals surface area (Å²) in [7, 11) is 0. The molecule has 2 aromatic rings. The van der Waals surface area contributed by atoms with E-state index in [-0.39, 0.29) is 5.82 Å². The van der Waals surface area contributed by atoms with E-state index in [9.17, 15) is 4.39 Å². The van der Waals surface area contributed by atoms with Crippen molar-refractivity contribution >= 4 is 15.9 Å². The first-order valence-electron chi connectivity index (χ1n) is 5.97. The molecule has 0 bridgehead atoms. The fourth-order valence-corrected chi connectivity index (χ4v) is 2.72. The highest BCUT2D eigenvalue weighted by atomic mass is 79.9. The van der Waals surface area contributed by atoms with Gasteiger partial charge in [-0.15, -0.1) is 0 Å². The van der Waals surface area contributed by atoms with Crippen LogP contribution in [0.5, 0.6) is 0 Å². The molecule has 0 saturated carbocycles. The van der Waals surface area contributed by atoms with E-state index in [4.69, 9.17) is 0 Å². The molecule has 1 aliphatic heterocycles. The van der Waals surface area contributed by atoms with Crippen molar-refractivity contribution in [2.45, 2.75) is 18.9 Å². The molecule has 5 heteroatoms. The maximum atomic E-state index is 13.3. The minimum Gasteiger partial charge on any atom is -0.309 e. The third kappa shape index (κ3) is 2.08. The number of nitrogens with one attached hydrogen (secondary N) is 1. The molecule has 1 aromatic carbocycles. The zero-order valence-electron chi connectivity index (χ0n) is 9.74. The van der Waals surface area contributed by atoms with Gasteiger partial charge in [0.15, 0.2) is 0 Å². The Balaban J connectivity index is 2.00. The van der Waals surface area contributed by atoms with E-state index >= 15 is 0 Å². The summed E-state index contributed by atoms with van der Waals surface area (Å²) in [5, 5.41) is 3.45. The van der Waals surface area contributed by atoms with E-state index in [1.54, 1.807) is 18.5 Å². The van der Waals surface area contributed by atoms with Crippen LogP contribution >= 0.6 is 15.9 Å². The summed E-state index contributed by atoms with van der Waals surface area (Å²) < 4.78 is 15.7. The molecule has 1 N–H and O–H groups in total. The molecule has 0 amide bonds. The third-order valence-electron chi connectivity index (χ3n) is 3.27. The molecular formula is C13H13BrFN3. The average Bonchev–Trinajstić information content (AvgIpc) is 3.00. The highest BCUT2D eigenvalue weighted by molar-refractivity contribution is 9.10. The highest BCUT2D eigenvalue weighted by Crippen LogP contribution is 2.26. The smallest absolute Gasteiger partial charge is 0.137 e. The molecule has 0 radical (unpaired) electrons. The predicted octanol–water partition coefficient (Wildman–Crippen LogP) is 3.20. The summed E-state index contributed by atoms with van der Waals surface area (Å²) in [4.78, 5) is 4.21. The molecule has 2 heterocycles. The largest absolute Gasteiger partial charge is 0.309 e. The van der Waals surface area contributed by atoms with Crippen molar-refractivity contribution in [1.82, 2.24) is 14.9 Å². The van der Waals surface area contributed by atoms with Crippen LogP contribution in [0.2, 0.25) is 0 Å². The summed E-state index contributed by atoms with van der Waals surface area (Å²) >= 11 is 3.22. The van der Waals surface area contributed by atoms with Gasteiger partial charge < -0.3 is 9.88 Å². The van der Waals surface area contributed by atoms with Gasteiger partial charge in [-0.05, 0) is 53.5 Å². The number of hydrogen-bond acceptors (Lipinski definition) is 2. The quantitative estimate of drug-likeness (QED) is 0.923. The topological polar surface area (TPSA) is 29.9 Å². The second-order valence-electron chi connectivity index (χ2n) is 4.44. The standard InChI is InChI=1S/C13H13BrFN3/c14-10-6-9(3-4-11(10)15)18-8-16-7-13(18)12-2-1-5-17-12/h3-4,6-8,12,17H,1-2,5H2/t12-/m0/s1. The van der Waals surface area contributed by atoms with Gasteiger partial charge in [-0.2, -0.15) is 0 Å². The number of aromatic nitrogens is 2. The van der Waals surface area contributed by atoms with Crippen molar-refractivity contribution in [2.24, 2.45) is 0 Å². The molecule has 94 valence electrons. The van der Waals surface area contributed by atoms with Crippen LogP contribution in [0, 0.1) is 5.82 Å². The van der Waals surface area contributed by atoms with Gasteiger partial charge in [-0.1, -0.05) is 0 Å². The maximum absolute atomic E-state index is 13.3. The fourth-order valence-electron chi connectivity index (χ4n) is 2.35. The molecule has 0 unspecified atom stereocenters. The van der Waals surface area contributed by atoms with Crippen LogP contribution in [0.25, 0.3) is 5.69 Å². The Hall–Kier alpha value is -1.20. The van der Waals surface area contributed by atoms with E-state index in [0.717, 1.165) is 24.3 Å². The summed E-state index contributed by atoms with van der Waals surface area (Å²) in [5.74, 6) is -0.251. The van der Waals surface area contributed by atoms with Gasteiger partial charge in [0, 0.05) is 11.7 Å². The zero-order valence-corrected chi connectivity index (χ0v) is 11.3. The van der Waals surface area contributed by atoms with E-state index in [0.29, 0.717) is 10.5 Å². The lowest BCUT2D eigenvalue weighted by Gasteiger charge is -2.14. The van der Waals surface area contributed by atoms with Gasteiger partial charge in [0.05, 0.1) is 22.7 Å². The van der Waals surface area contributed by atoms with Crippen molar-refractivity contribution in [3.8, 4) is 5.69 Å². The van der Waals surface area contributed by atoms with Crippen molar-refractivity contribution in [3.63, 3.8) is 0 Å². The Labute approximate surface area is 113 Å². The van der Waals surface area contributed by atoms with Crippen LogP contribution in [0.1, 0.15) is 24.6 Å². The first-order valence-corrected chi connectivity index (χ1v) is 6.76. The molecular weight excluding hydrogens is 297 g/mol. The van der Waals surface area contributed by atoms with Crippen molar-refractivity contribution in [2.75, 3.05) is 6.54 Å². The Kier molecular flexibility index (Phi) is 3.18. The molecule has 0 aliphatic carbocycles. The van der Waals surface area contributed by atoms with Crippen LogP contribution in [0.15, 0.2) is 35.2 Å². The lowest BCUT2D eigenvalue weighted by atomic mass is 10.1. The third-order valence-corrected chi connectivity index (χ3v) is 3.87. The molecule has 1 aliphatic rings. The predicted molar refractivity (Wildman–Crippen MR) is 71.2 cm³/mol. The van der Waals surface area contributed by atoms with Gasteiger partial charge >= 0.3 is 0 Å². The van der Waals surface area contributed by atoms with Crippen molar-refractivity contribution in [1.29, 1.82) is 0 Å². The van der Waals surface area contributed by atoms with Crippen molar-refractivity contribution in [3.05, 3.63) is 46.7 Å². The first-order chi connectivity index (χ1) is 8.75. The Morgan fingerprint density at radius 1 is 1.44 bits per heavy atom. The zero-order chi connectivity index (χ0) is 12.5. The molecule has 18 heavy (non-hydrogen) atoms. The number of benzene rings is 1. The van der Waals surface area contributed by atoms with Crippen LogP contribution < -0.4 is 5.32 Å². The summed E-state index contributed by atoms with van der Waals surface area (Å²) in [6.07, 6.45) is 5.95. The number of imidazole rings is 1. The second-order valence-corrected chi connectivity index (χ2v) is 5.29. The molecule has 1 saturated heterocycles.